The quantitative estimate of drug-likeness (QED) is 0.679. The Labute approximate surface area is 120 Å². The van der Waals surface area contributed by atoms with Crippen molar-refractivity contribution in [2.75, 3.05) is 0 Å². The van der Waals surface area contributed by atoms with Crippen molar-refractivity contribution in [3.8, 4) is 0 Å². The van der Waals surface area contributed by atoms with Gasteiger partial charge in [-0.1, -0.05) is 28.8 Å². The predicted molar refractivity (Wildman–Crippen MR) is 80.3 cm³/mol. The average Bonchev–Trinajstić information content (AvgIpc) is 2.73. The van der Waals surface area contributed by atoms with Crippen molar-refractivity contribution in [3.05, 3.63) is 56.2 Å². The lowest BCUT2D eigenvalue weighted by Gasteiger charge is -2.03. The lowest BCUT2D eigenvalue weighted by molar-refractivity contribution is 0.0955. The van der Waals surface area contributed by atoms with Crippen LogP contribution in [0.5, 0.6) is 0 Å². The molecule has 2 rings (SSSR count). The molecule has 2 aromatic rings. The van der Waals surface area contributed by atoms with E-state index in [1.807, 2.05) is 38.1 Å². The highest BCUT2D eigenvalue weighted by molar-refractivity contribution is 7.17. The third-order valence-electron chi connectivity index (χ3n) is 2.44. The minimum atomic E-state index is -0.217. The van der Waals surface area contributed by atoms with E-state index < -0.39 is 0 Å². The number of aryl methyl sites for hydroxylation is 2. The molecule has 0 bridgehead atoms. The number of halogens is 1. The zero-order valence-electron chi connectivity index (χ0n) is 10.6. The van der Waals surface area contributed by atoms with Crippen LogP contribution in [0, 0.1) is 13.8 Å². The van der Waals surface area contributed by atoms with Gasteiger partial charge >= 0.3 is 0 Å². The van der Waals surface area contributed by atoms with E-state index in [1.54, 1.807) is 12.3 Å². The second kappa shape index (κ2) is 5.99. The standard InChI is InChI=1S/C14H13ClN2OS/c1-9-5-10(2)7-11(6-9)14(18)17-16-8-12-3-4-13(15)19-12/h3-8H,1-2H3,(H,17,18). The Morgan fingerprint density at radius 3 is 2.53 bits per heavy atom. The maximum absolute atomic E-state index is 11.9. The molecule has 1 aromatic heterocycles. The zero-order valence-corrected chi connectivity index (χ0v) is 12.2. The molecule has 1 N–H and O–H groups in total. The number of carbonyl (C=O) groups is 1. The van der Waals surface area contributed by atoms with E-state index in [-0.39, 0.29) is 5.91 Å². The largest absolute Gasteiger partial charge is 0.271 e. The fraction of sp³-hybridized carbons (Fsp3) is 0.143. The average molecular weight is 293 g/mol. The SMILES string of the molecule is Cc1cc(C)cc(C(=O)NN=Cc2ccc(Cl)s2)c1. The van der Waals surface area contributed by atoms with Crippen LogP contribution in [0.1, 0.15) is 26.4 Å². The van der Waals surface area contributed by atoms with Gasteiger partial charge in [0.05, 0.1) is 10.6 Å². The minimum Gasteiger partial charge on any atom is -0.267 e. The van der Waals surface area contributed by atoms with Crippen molar-refractivity contribution in [2.24, 2.45) is 5.10 Å². The van der Waals surface area contributed by atoms with Crippen molar-refractivity contribution in [1.82, 2.24) is 5.43 Å². The number of nitrogens with one attached hydrogen (secondary N) is 1. The van der Waals surface area contributed by atoms with Crippen LogP contribution in [0.15, 0.2) is 35.4 Å². The molecular weight excluding hydrogens is 280 g/mol. The molecule has 5 heteroatoms. The van der Waals surface area contributed by atoms with Crippen LogP contribution < -0.4 is 5.43 Å². The summed E-state index contributed by atoms with van der Waals surface area (Å²) in [5.41, 5.74) is 5.22. The molecule has 0 fully saturated rings. The maximum atomic E-state index is 11.9. The van der Waals surface area contributed by atoms with Gasteiger partial charge in [-0.05, 0) is 38.1 Å². The Balaban J connectivity index is 2.03. The summed E-state index contributed by atoms with van der Waals surface area (Å²) in [6.07, 6.45) is 1.58. The van der Waals surface area contributed by atoms with Crippen molar-refractivity contribution in [2.45, 2.75) is 13.8 Å². The summed E-state index contributed by atoms with van der Waals surface area (Å²) in [6.45, 7) is 3.92. The number of hydrogen-bond donors (Lipinski definition) is 1. The molecule has 19 heavy (non-hydrogen) atoms. The van der Waals surface area contributed by atoms with Crippen LogP contribution >= 0.6 is 22.9 Å². The van der Waals surface area contributed by atoms with Gasteiger partial charge in [-0.25, -0.2) is 5.43 Å². The Kier molecular flexibility index (Phi) is 4.35. The normalized spacial score (nSPS) is 10.9. The van der Waals surface area contributed by atoms with E-state index >= 15 is 0 Å². The van der Waals surface area contributed by atoms with Crippen LogP contribution in [0.4, 0.5) is 0 Å². The summed E-state index contributed by atoms with van der Waals surface area (Å²) in [6, 6.07) is 9.33. The van der Waals surface area contributed by atoms with E-state index in [4.69, 9.17) is 11.6 Å². The van der Waals surface area contributed by atoms with Crippen LogP contribution in [0.25, 0.3) is 0 Å². The number of carbonyl (C=O) groups excluding carboxylic acids is 1. The van der Waals surface area contributed by atoms with Gasteiger partial charge in [0, 0.05) is 10.4 Å². The maximum Gasteiger partial charge on any atom is 0.271 e. The van der Waals surface area contributed by atoms with Gasteiger partial charge in [0.2, 0.25) is 0 Å². The van der Waals surface area contributed by atoms with Crippen molar-refractivity contribution in [3.63, 3.8) is 0 Å². The second-order valence-electron chi connectivity index (χ2n) is 4.22. The van der Waals surface area contributed by atoms with Gasteiger partial charge < -0.3 is 0 Å². The van der Waals surface area contributed by atoms with E-state index in [2.05, 4.69) is 10.5 Å². The molecule has 0 radical (unpaired) electrons. The van der Waals surface area contributed by atoms with Gasteiger partial charge in [-0.3, -0.25) is 4.79 Å². The molecule has 1 aromatic carbocycles. The van der Waals surface area contributed by atoms with E-state index in [0.29, 0.717) is 9.90 Å². The molecule has 0 aliphatic heterocycles. The topological polar surface area (TPSA) is 41.5 Å². The highest BCUT2D eigenvalue weighted by Gasteiger charge is 2.05. The third kappa shape index (κ3) is 3.91. The van der Waals surface area contributed by atoms with Crippen LogP contribution in [-0.4, -0.2) is 12.1 Å². The fourth-order valence-electron chi connectivity index (χ4n) is 1.72. The predicted octanol–water partition coefficient (Wildman–Crippen LogP) is 3.78. The van der Waals surface area contributed by atoms with Crippen LogP contribution in [0.3, 0.4) is 0 Å². The minimum absolute atomic E-state index is 0.217. The number of amides is 1. The van der Waals surface area contributed by atoms with Crippen LogP contribution in [-0.2, 0) is 0 Å². The summed E-state index contributed by atoms with van der Waals surface area (Å²) < 4.78 is 0.696. The summed E-state index contributed by atoms with van der Waals surface area (Å²) in [5.74, 6) is -0.217. The first-order valence-corrected chi connectivity index (χ1v) is 6.91. The van der Waals surface area contributed by atoms with Gasteiger partial charge in [0.1, 0.15) is 0 Å². The molecule has 1 amide bonds. The summed E-state index contributed by atoms with van der Waals surface area (Å²) >= 11 is 7.21. The van der Waals surface area contributed by atoms with Gasteiger partial charge in [0.15, 0.2) is 0 Å². The lowest BCUT2D eigenvalue weighted by atomic mass is 10.1. The summed E-state index contributed by atoms with van der Waals surface area (Å²) in [4.78, 5) is 12.8. The van der Waals surface area contributed by atoms with Gasteiger partial charge in [-0.15, -0.1) is 11.3 Å². The van der Waals surface area contributed by atoms with Crippen molar-refractivity contribution < 1.29 is 4.79 Å². The number of benzene rings is 1. The molecule has 3 nitrogen and oxygen atoms in total. The monoisotopic (exact) mass is 292 g/mol. The first-order valence-electron chi connectivity index (χ1n) is 5.71. The number of nitrogens with zero attached hydrogens (tertiary/aromatic N) is 1. The second-order valence-corrected chi connectivity index (χ2v) is 5.96. The molecular formula is C14H13ClN2OS. The molecule has 0 aliphatic rings. The highest BCUT2D eigenvalue weighted by Crippen LogP contribution is 2.19. The van der Waals surface area contributed by atoms with E-state index in [1.165, 1.54) is 11.3 Å². The van der Waals surface area contributed by atoms with Crippen molar-refractivity contribution >= 4 is 35.1 Å². The van der Waals surface area contributed by atoms with E-state index in [0.717, 1.165) is 16.0 Å². The number of rotatable bonds is 3. The fourth-order valence-corrected chi connectivity index (χ4v) is 2.66. The smallest absolute Gasteiger partial charge is 0.267 e. The lowest BCUT2D eigenvalue weighted by Crippen LogP contribution is -2.17. The Bertz CT molecular complexity index is 614. The Morgan fingerprint density at radius 1 is 1.26 bits per heavy atom. The summed E-state index contributed by atoms with van der Waals surface area (Å²) in [5, 5.41) is 3.92. The first kappa shape index (κ1) is 13.8. The number of hydrogen-bond acceptors (Lipinski definition) is 3. The van der Waals surface area contributed by atoms with Gasteiger partial charge in [-0.2, -0.15) is 5.10 Å². The number of hydrazone groups is 1. The molecule has 0 saturated carbocycles. The first-order chi connectivity index (χ1) is 9.04. The third-order valence-corrected chi connectivity index (χ3v) is 3.60. The Morgan fingerprint density at radius 2 is 1.95 bits per heavy atom. The van der Waals surface area contributed by atoms with E-state index in [9.17, 15) is 4.79 Å². The molecule has 0 unspecified atom stereocenters. The highest BCUT2D eigenvalue weighted by atomic mass is 35.5. The molecule has 98 valence electrons. The molecule has 0 atom stereocenters. The van der Waals surface area contributed by atoms with Crippen LogP contribution in [0.2, 0.25) is 4.34 Å². The number of thiophene rings is 1. The molecule has 0 aliphatic carbocycles. The molecule has 0 spiro atoms. The van der Waals surface area contributed by atoms with Gasteiger partial charge in [0.25, 0.3) is 5.91 Å². The van der Waals surface area contributed by atoms with Crippen molar-refractivity contribution in [1.29, 1.82) is 0 Å². The Hall–Kier alpha value is -1.65. The summed E-state index contributed by atoms with van der Waals surface area (Å²) in [7, 11) is 0. The molecule has 0 saturated heterocycles. The zero-order chi connectivity index (χ0) is 13.8. The molecule has 1 heterocycles.